The topological polar surface area (TPSA) is 128 Å². The third-order valence-electron chi connectivity index (χ3n) is 5.60. The fourth-order valence-electron chi connectivity index (χ4n) is 3.77. The van der Waals surface area contributed by atoms with E-state index in [1.807, 2.05) is 0 Å². The van der Waals surface area contributed by atoms with Gasteiger partial charge in [-0.1, -0.05) is 18.2 Å². The molecule has 1 heterocycles. The van der Waals surface area contributed by atoms with Gasteiger partial charge in [-0.15, -0.1) is 0 Å². The number of benzene rings is 3. The highest BCUT2D eigenvalue weighted by atomic mass is 16.6. The fourth-order valence-corrected chi connectivity index (χ4v) is 3.77. The quantitative estimate of drug-likeness (QED) is 0.218. The van der Waals surface area contributed by atoms with Crippen molar-refractivity contribution < 1.29 is 47.5 Å². The molecule has 0 saturated carbocycles. The van der Waals surface area contributed by atoms with Crippen molar-refractivity contribution in [3.63, 3.8) is 0 Å². The number of methoxy groups -OCH3 is 4. The van der Waals surface area contributed by atoms with Crippen molar-refractivity contribution in [2.45, 2.75) is 6.92 Å². The van der Waals surface area contributed by atoms with Crippen LogP contribution in [0.15, 0.2) is 65.3 Å². The lowest BCUT2D eigenvalue weighted by atomic mass is 10.1. The second-order valence-corrected chi connectivity index (χ2v) is 8.14. The van der Waals surface area contributed by atoms with Gasteiger partial charge >= 0.3 is 17.9 Å². The first-order valence-corrected chi connectivity index (χ1v) is 11.8. The predicted octanol–water partition coefficient (Wildman–Crippen LogP) is 4.21. The van der Waals surface area contributed by atoms with E-state index in [4.69, 9.17) is 33.2 Å². The number of carbonyl (C=O) groups is 3. The van der Waals surface area contributed by atoms with Crippen LogP contribution in [0.5, 0.6) is 34.5 Å². The van der Waals surface area contributed by atoms with Gasteiger partial charge in [0.05, 0.1) is 34.0 Å². The molecular formula is C29H25NO10. The molecule has 3 aromatic carbocycles. The van der Waals surface area contributed by atoms with Gasteiger partial charge in [-0.3, -0.25) is 4.79 Å². The maximum absolute atomic E-state index is 13.0. The lowest BCUT2D eigenvalue weighted by molar-refractivity contribution is -0.132. The molecule has 11 heteroatoms. The number of rotatable bonds is 9. The predicted molar refractivity (Wildman–Crippen MR) is 142 cm³/mol. The first-order valence-electron chi connectivity index (χ1n) is 11.8. The van der Waals surface area contributed by atoms with Gasteiger partial charge < -0.3 is 33.2 Å². The number of aliphatic imine (C=N–C) groups is 1. The summed E-state index contributed by atoms with van der Waals surface area (Å²) in [6.07, 6.45) is 1.44. The van der Waals surface area contributed by atoms with Gasteiger partial charge in [0.25, 0.3) is 0 Å². The van der Waals surface area contributed by atoms with E-state index in [2.05, 4.69) is 4.99 Å². The van der Waals surface area contributed by atoms with Gasteiger partial charge in [0.15, 0.2) is 28.7 Å². The Kier molecular flexibility index (Phi) is 8.33. The number of nitrogens with zero attached hydrogens (tertiary/aromatic N) is 1. The van der Waals surface area contributed by atoms with E-state index in [0.717, 1.165) is 0 Å². The molecule has 0 atom stereocenters. The standard InChI is InChI=1S/C29H25NO10/c1-16(31)38-22-11-10-18(13-23(22)34-2)27-30-20(29(33)40-27)12-17-8-6-7-9-21(17)39-28(32)19-14-24(35-3)26(37-5)25(15-19)36-4/h6-15H,1-5H3/b20-12-. The van der Waals surface area contributed by atoms with Crippen LogP contribution in [0.25, 0.3) is 6.08 Å². The molecule has 206 valence electrons. The highest BCUT2D eigenvalue weighted by Crippen LogP contribution is 2.38. The summed E-state index contributed by atoms with van der Waals surface area (Å²) in [6, 6.07) is 14.2. The molecule has 0 N–H and O–H groups in total. The average molecular weight is 548 g/mol. The third-order valence-corrected chi connectivity index (χ3v) is 5.60. The third kappa shape index (κ3) is 5.88. The number of para-hydroxylation sites is 1. The van der Waals surface area contributed by atoms with E-state index >= 15 is 0 Å². The molecule has 0 bridgehead atoms. The van der Waals surface area contributed by atoms with E-state index in [0.29, 0.717) is 16.9 Å². The number of cyclic esters (lactones) is 1. The normalized spacial score (nSPS) is 13.3. The molecule has 0 aromatic heterocycles. The Hall–Kier alpha value is -5.32. The van der Waals surface area contributed by atoms with Crippen LogP contribution >= 0.6 is 0 Å². The molecular weight excluding hydrogens is 522 g/mol. The molecule has 1 aliphatic heterocycles. The van der Waals surface area contributed by atoms with Gasteiger partial charge in [-0.05, 0) is 42.5 Å². The fraction of sp³-hybridized carbons (Fsp3) is 0.172. The Bertz CT molecular complexity index is 1510. The van der Waals surface area contributed by atoms with Crippen LogP contribution in [0.1, 0.15) is 28.4 Å². The number of ether oxygens (including phenoxy) is 7. The van der Waals surface area contributed by atoms with E-state index < -0.39 is 17.9 Å². The minimum Gasteiger partial charge on any atom is -0.493 e. The molecule has 1 aliphatic rings. The zero-order chi connectivity index (χ0) is 28.8. The molecule has 3 aromatic rings. The van der Waals surface area contributed by atoms with E-state index in [1.165, 1.54) is 65.7 Å². The van der Waals surface area contributed by atoms with E-state index in [1.54, 1.807) is 30.3 Å². The van der Waals surface area contributed by atoms with Crippen LogP contribution < -0.4 is 28.4 Å². The van der Waals surface area contributed by atoms with Crippen LogP contribution in [0.4, 0.5) is 0 Å². The lowest BCUT2D eigenvalue weighted by Gasteiger charge is -2.14. The highest BCUT2D eigenvalue weighted by Gasteiger charge is 2.26. The van der Waals surface area contributed by atoms with Gasteiger partial charge in [0, 0.05) is 18.1 Å². The minimum atomic E-state index is -0.705. The summed E-state index contributed by atoms with van der Waals surface area (Å²) in [4.78, 5) is 41.3. The lowest BCUT2D eigenvalue weighted by Crippen LogP contribution is -2.10. The molecule has 0 aliphatic carbocycles. The largest absolute Gasteiger partial charge is 0.493 e. The zero-order valence-electron chi connectivity index (χ0n) is 22.3. The Morgan fingerprint density at radius 1 is 0.775 bits per heavy atom. The van der Waals surface area contributed by atoms with Crippen molar-refractivity contribution in [1.82, 2.24) is 0 Å². The van der Waals surface area contributed by atoms with E-state index in [-0.39, 0.29) is 45.9 Å². The second kappa shape index (κ2) is 12.0. The van der Waals surface area contributed by atoms with Gasteiger partial charge in [0.2, 0.25) is 11.6 Å². The van der Waals surface area contributed by atoms with Crippen molar-refractivity contribution in [2.75, 3.05) is 28.4 Å². The van der Waals surface area contributed by atoms with Crippen LogP contribution in [-0.2, 0) is 14.3 Å². The zero-order valence-corrected chi connectivity index (χ0v) is 22.3. The summed E-state index contributed by atoms with van der Waals surface area (Å²) in [6.45, 7) is 1.27. The highest BCUT2D eigenvalue weighted by molar-refractivity contribution is 6.13. The van der Waals surface area contributed by atoms with Crippen LogP contribution in [0.2, 0.25) is 0 Å². The summed E-state index contributed by atoms with van der Waals surface area (Å²) in [7, 11) is 5.75. The molecule has 0 spiro atoms. The summed E-state index contributed by atoms with van der Waals surface area (Å²) < 4.78 is 37.3. The summed E-state index contributed by atoms with van der Waals surface area (Å²) >= 11 is 0. The van der Waals surface area contributed by atoms with Crippen LogP contribution in [-0.4, -0.2) is 52.2 Å². The maximum Gasteiger partial charge on any atom is 0.363 e. The molecule has 11 nitrogen and oxygen atoms in total. The first-order chi connectivity index (χ1) is 19.3. The minimum absolute atomic E-state index is 0.0192. The Labute approximate surface area is 229 Å². The first kappa shape index (κ1) is 27.7. The van der Waals surface area contributed by atoms with Crippen molar-refractivity contribution in [3.05, 3.63) is 77.0 Å². The SMILES string of the molecule is COc1cc(C2=N/C(=C\c3ccccc3OC(=O)c3cc(OC)c(OC)c(OC)c3)C(=O)O2)ccc1OC(C)=O. The van der Waals surface area contributed by atoms with Gasteiger partial charge in [-0.2, -0.15) is 0 Å². The van der Waals surface area contributed by atoms with Crippen LogP contribution in [0, 0.1) is 0 Å². The molecule has 0 radical (unpaired) electrons. The van der Waals surface area contributed by atoms with Crippen molar-refractivity contribution in [2.24, 2.45) is 4.99 Å². The maximum atomic E-state index is 13.0. The van der Waals surface area contributed by atoms with Gasteiger partial charge in [0.1, 0.15) is 5.75 Å². The van der Waals surface area contributed by atoms with Gasteiger partial charge in [-0.25, -0.2) is 14.6 Å². The Morgan fingerprint density at radius 3 is 2.08 bits per heavy atom. The average Bonchev–Trinajstić information content (AvgIpc) is 3.32. The van der Waals surface area contributed by atoms with Crippen LogP contribution in [0.3, 0.4) is 0 Å². The molecule has 0 saturated heterocycles. The van der Waals surface area contributed by atoms with Crippen molar-refractivity contribution >= 4 is 29.9 Å². The van der Waals surface area contributed by atoms with E-state index in [9.17, 15) is 14.4 Å². The Balaban J connectivity index is 1.62. The molecule has 4 rings (SSSR count). The number of carbonyl (C=O) groups excluding carboxylic acids is 3. The Morgan fingerprint density at radius 2 is 1.45 bits per heavy atom. The molecule has 0 fully saturated rings. The van der Waals surface area contributed by atoms with Crippen molar-refractivity contribution in [3.8, 4) is 34.5 Å². The molecule has 0 amide bonds. The second-order valence-electron chi connectivity index (χ2n) is 8.14. The summed E-state index contributed by atoms with van der Waals surface area (Å²) in [5, 5.41) is 0. The smallest absolute Gasteiger partial charge is 0.363 e. The molecule has 40 heavy (non-hydrogen) atoms. The summed E-state index contributed by atoms with van der Waals surface area (Å²) in [5.74, 6) is -0.325. The number of hydrogen-bond acceptors (Lipinski definition) is 11. The van der Waals surface area contributed by atoms with Crippen molar-refractivity contribution in [1.29, 1.82) is 0 Å². The number of hydrogen-bond donors (Lipinski definition) is 0. The number of esters is 3. The monoisotopic (exact) mass is 547 g/mol. The molecule has 0 unspecified atom stereocenters. The summed E-state index contributed by atoms with van der Waals surface area (Å²) in [5.41, 5.74) is 0.965.